The molecule has 0 saturated carbocycles. The summed E-state index contributed by atoms with van der Waals surface area (Å²) in [6, 6.07) is 3.16. The van der Waals surface area contributed by atoms with Crippen molar-refractivity contribution < 1.29 is 14.0 Å². The van der Waals surface area contributed by atoms with Crippen molar-refractivity contribution in [3.63, 3.8) is 0 Å². The van der Waals surface area contributed by atoms with E-state index in [1.165, 1.54) is 6.26 Å². The van der Waals surface area contributed by atoms with Gasteiger partial charge in [-0.15, -0.1) is 0 Å². The molecule has 2 amide bonds. The highest BCUT2D eigenvalue weighted by molar-refractivity contribution is 5.96. The maximum absolute atomic E-state index is 12.7. The van der Waals surface area contributed by atoms with E-state index in [0.29, 0.717) is 18.2 Å². The number of rotatable bonds is 3. The van der Waals surface area contributed by atoms with Crippen LogP contribution in [0.15, 0.2) is 22.8 Å². The van der Waals surface area contributed by atoms with Crippen molar-refractivity contribution in [2.45, 2.75) is 38.3 Å². The van der Waals surface area contributed by atoms with Crippen LogP contribution >= 0.6 is 0 Å². The molecule has 0 aromatic carbocycles. The Morgan fingerprint density at radius 1 is 1.30 bits per heavy atom. The minimum atomic E-state index is -0.376. The summed E-state index contributed by atoms with van der Waals surface area (Å²) in [6.07, 6.45) is 4.02. The predicted octanol–water partition coefficient (Wildman–Crippen LogP) is 1.34. The SMILES string of the molecule is C[C@@H]1CN(C)CC[C@H]1NC(=O)[C@@H]1CCCN1C(=O)c1ccco1. The molecule has 3 heterocycles. The summed E-state index contributed by atoms with van der Waals surface area (Å²) in [5.41, 5.74) is 0. The van der Waals surface area contributed by atoms with Gasteiger partial charge in [0.15, 0.2) is 5.76 Å². The first-order chi connectivity index (χ1) is 11.1. The molecule has 0 bridgehead atoms. The fraction of sp³-hybridized carbons (Fsp3) is 0.647. The van der Waals surface area contributed by atoms with Gasteiger partial charge in [0, 0.05) is 19.1 Å². The molecule has 2 aliphatic heterocycles. The Bertz CT molecular complexity index is 557. The van der Waals surface area contributed by atoms with E-state index in [1.54, 1.807) is 17.0 Å². The van der Waals surface area contributed by atoms with Crippen LogP contribution in [0.25, 0.3) is 0 Å². The van der Waals surface area contributed by atoms with Crippen molar-refractivity contribution in [1.82, 2.24) is 15.1 Å². The minimum absolute atomic E-state index is 0.0243. The van der Waals surface area contributed by atoms with Gasteiger partial charge in [-0.3, -0.25) is 9.59 Å². The normalized spacial score (nSPS) is 28.8. The Hall–Kier alpha value is -1.82. The van der Waals surface area contributed by atoms with Crippen molar-refractivity contribution in [2.75, 3.05) is 26.7 Å². The summed E-state index contributed by atoms with van der Waals surface area (Å²) in [4.78, 5) is 29.1. The lowest BCUT2D eigenvalue weighted by molar-refractivity contribution is -0.126. The number of piperidine rings is 1. The smallest absolute Gasteiger partial charge is 0.290 e. The molecule has 1 N–H and O–H groups in total. The number of likely N-dealkylation sites (tertiary alicyclic amines) is 2. The Kier molecular flexibility index (Phi) is 4.71. The van der Waals surface area contributed by atoms with Crippen LogP contribution in [0, 0.1) is 5.92 Å². The van der Waals surface area contributed by atoms with Gasteiger partial charge in [0.2, 0.25) is 5.91 Å². The fourth-order valence-electron chi connectivity index (χ4n) is 3.67. The van der Waals surface area contributed by atoms with E-state index in [-0.39, 0.29) is 23.9 Å². The van der Waals surface area contributed by atoms with Crippen LogP contribution in [0.2, 0.25) is 0 Å². The first kappa shape index (κ1) is 16.1. The molecule has 126 valence electrons. The van der Waals surface area contributed by atoms with Gasteiger partial charge in [-0.05, 0) is 50.9 Å². The number of carbonyl (C=O) groups excluding carboxylic acids is 2. The molecule has 3 rings (SSSR count). The molecular weight excluding hydrogens is 294 g/mol. The third kappa shape index (κ3) is 3.42. The lowest BCUT2D eigenvalue weighted by atomic mass is 9.94. The van der Waals surface area contributed by atoms with E-state index in [2.05, 4.69) is 24.2 Å². The predicted molar refractivity (Wildman–Crippen MR) is 86.0 cm³/mol. The van der Waals surface area contributed by atoms with Crippen molar-refractivity contribution >= 4 is 11.8 Å². The molecule has 2 fully saturated rings. The Balaban J connectivity index is 1.63. The average molecular weight is 319 g/mol. The van der Waals surface area contributed by atoms with Crippen molar-refractivity contribution in [2.24, 2.45) is 5.92 Å². The van der Waals surface area contributed by atoms with E-state index in [0.717, 1.165) is 32.4 Å². The zero-order chi connectivity index (χ0) is 16.4. The molecule has 2 aliphatic rings. The fourth-order valence-corrected chi connectivity index (χ4v) is 3.67. The Morgan fingerprint density at radius 3 is 2.83 bits per heavy atom. The number of nitrogens with zero attached hydrogens (tertiary/aromatic N) is 2. The number of hydrogen-bond acceptors (Lipinski definition) is 4. The van der Waals surface area contributed by atoms with E-state index in [1.807, 2.05) is 0 Å². The van der Waals surface area contributed by atoms with E-state index in [9.17, 15) is 9.59 Å². The van der Waals surface area contributed by atoms with Crippen molar-refractivity contribution in [3.8, 4) is 0 Å². The van der Waals surface area contributed by atoms with Gasteiger partial charge < -0.3 is 19.5 Å². The molecule has 0 unspecified atom stereocenters. The first-order valence-corrected chi connectivity index (χ1v) is 8.39. The third-order valence-electron chi connectivity index (χ3n) is 4.98. The highest BCUT2D eigenvalue weighted by Gasteiger charge is 2.37. The second kappa shape index (κ2) is 6.74. The van der Waals surface area contributed by atoms with Crippen LogP contribution in [-0.4, -0.2) is 60.4 Å². The van der Waals surface area contributed by atoms with E-state index in [4.69, 9.17) is 4.42 Å². The minimum Gasteiger partial charge on any atom is -0.459 e. The quantitative estimate of drug-likeness (QED) is 0.913. The number of carbonyl (C=O) groups is 2. The molecule has 2 saturated heterocycles. The molecule has 0 aliphatic carbocycles. The summed E-state index contributed by atoms with van der Waals surface area (Å²) < 4.78 is 5.19. The number of nitrogens with one attached hydrogen (secondary N) is 1. The van der Waals surface area contributed by atoms with E-state index >= 15 is 0 Å². The average Bonchev–Trinajstić information content (AvgIpc) is 3.20. The summed E-state index contributed by atoms with van der Waals surface area (Å²) in [5, 5.41) is 3.17. The maximum atomic E-state index is 12.7. The summed E-state index contributed by atoms with van der Waals surface area (Å²) in [7, 11) is 2.11. The first-order valence-electron chi connectivity index (χ1n) is 8.39. The highest BCUT2D eigenvalue weighted by atomic mass is 16.3. The second-order valence-corrected chi connectivity index (χ2v) is 6.78. The lowest BCUT2D eigenvalue weighted by Crippen LogP contribution is -2.54. The van der Waals surface area contributed by atoms with Gasteiger partial charge in [0.25, 0.3) is 5.91 Å². The summed E-state index contributed by atoms with van der Waals surface area (Å²) in [6.45, 7) is 4.77. The monoisotopic (exact) mass is 319 g/mol. The van der Waals surface area contributed by atoms with Crippen LogP contribution in [0.4, 0.5) is 0 Å². The third-order valence-corrected chi connectivity index (χ3v) is 4.98. The zero-order valence-electron chi connectivity index (χ0n) is 13.8. The molecule has 23 heavy (non-hydrogen) atoms. The van der Waals surface area contributed by atoms with Crippen LogP contribution in [0.3, 0.4) is 0 Å². The second-order valence-electron chi connectivity index (χ2n) is 6.78. The molecular formula is C17H25N3O3. The summed E-state index contributed by atoms with van der Waals surface area (Å²) >= 11 is 0. The van der Waals surface area contributed by atoms with Crippen LogP contribution in [0.5, 0.6) is 0 Å². The van der Waals surface area contributed by atoms with Crippen LogP contribution in [0.1, 0.15) is 36.7 Å². The Labute approximate surface area is 136 Å². The van der Waals surface area contributed by atoms with Gasteiger partial charge in [0.1, 0.15) is 6.04 Å². The van der Waals surface area contributed by atoms with Gasteiger partial charge in [-0.2, -0.15) is 0 Å². The van der Waals surface area contributed by atoms with Gasteiger partial charge in [-0.25, -0.2) is 0 Å². The molecule has 6 heteroatoms. The molecule has 6 nitrogen and oxygen atoms in total. The van der Waals surface area contributed by atoms with Crippen LogP contribution in [-0.2, 0) is 4.79 Å². The number of furan rings is 1. The molecule has 3 atom stereocenters. The molecule has 0 spiro atoms. The number of amides is 2. The topological polar surface area (TPSA) is 65.8 Å². The number of hydrogen-bond donors (Lipinski definition) is 1. The van der Waals surface area contributed by atoms with Crippen molar-refractivity contribution in [3.05, 3.63) is 24.2 Å². The maximum Gasteiger partial charge on any atom is 0.290 e. The largest absolute Gasteiger partial charge is 0.459 e. The van der Waals surface area contributed by atoms with Crippen LogP contribution < -0.4 is 5.32 Å². The zero-order valence-corrected chi connectivity index (χ0v) is 13.8. The summed E-state index contributed by atoms with van der Waals surface area (Å²) in [5.74, 6) is 0.513. The molecule has 1 aromatic rings. The van der Waals surface area contributed by atoms with Gasteiger partial charge in [-0.1, -0.05) is 6.92 Å². The van der Waals surface area contributed by atoms with Gasteiger partial charge in [0.05, 0.1) is 6.26 Å². The molecule has 1 aromatic heterocycles. The highest BCUT2D eigenvalue weighted by Crippen LogP contribution is 2.22. The van der Waals surface area contributed by atoms with Gasteiger partial charge >= 0.3 is 0 Å². The van der Waals surface area contributed by atoms with Crippen molar-refractivity contribution in [1.29, 1.82) is 0 Å². The van der Waals surface area contributed by atoms with E-state index < -0.39 is 0 Å². The molecule has 0 radical (unpaired) electrons. The standard InChI is InChI=1S/C17H25N3O3/c1-12-11-19(2)9-7-13(12)18-16(21)14-5-3-8-20(14)17(22)15-6-4-10-23-15/h4,6,10,12-14H,3,5,7-9,11H2,1-2H3,(H,18,21)/t12-,13-,14+/m1/s1. The lowest BCUT2D eigenvalue weighted by Gasteiger charge is -2.36. The Morgan fingerprint density at radius 2 is 2.13 bits per heavy atom.